The zero-order chi connectivity index (χ0) is 17.6. The van der Waals surface area contributed by atoms with Crippen molar-refractivity contribution in [2.24, 2.45) is 17.8 Å². The predicted molar refractivity (Wildman–Crippen MR) is 98.7 cm³/mol. The lowest BCUT2D eigenvalue weighted by Crippen LogP contribution is -2.43. The minimum absolute atomic E-state index is 0.130. The van der Waals surface area contributed by atoms with Gasteiger partial charge in [-0.1, -0.05) is 38.3 Å². The molecule has 2 unspecified atom stereocenters. The van der Waals surface area contributed by atoms with E-state index in [0.717, 1.165) is 38.2 Å². The maximum atomic E-state index is 11.6. The van der Waals surface area contributed by atoms with E-state index in [-0.39, 0.29) is 12.0 Å². The number of nitrogens with one attached hydrogen (secondary N) is 1. The van der Waals surface area contributed by atoms with Crippen molar-refractivity contribution in [1.29, 1.82) is 0 Å². The van der Waals surface area contributed by atoms with Crippen LogP contribution in [0.5, 0.6) is 5.75 Å². The normalized spacial score (nSPS) is 27.6. The van der Waals surface area contributed by atoms with E-state index < -0.39 is 5.97 Å². The van der Waals surface area contributed by atoms with E-state index in [9.17, 15) is 9.90 Å². The molecule has 2 aliphatic rings. The fourth-order valence-electron chi connectivity index (χ4n) is 4.60. The van der Waals surface area contributed by atoms with Gasteiger partial charge < -0.3 is 15.2 Å². The van der Waals surface area contributed by atoms with E-state index in [0.29, 0.717) is 11.8 Å². The van der Waals surface area contributed by atoms with Crippen molar-refractivity contribution in [3.05, 3.63) is 29.8 Å². The highest BCUT2D eigenvalue weighted by molar-refractivity contribution is 5.72. The second-order valence-electron chi connectivity index (χ2n) is 7.66. The lowest BCUT2D eigenvalue weighted by molar-refractivity contribution is -0.144. The van der Waals surface area contributed by atoms with Gasteiger partial charge in [0.05, 0.1) is 12.5 Å². The van der Waals surface area contributed by atoms with Crippen LogP contribution in [0.2, 0.25) is 0 Å². The Morgan fingerprint density at radius 1 is 1.16 bits per heavy atom. The van der Waals surface area contributed by atoms with Gasteiger partial charge in [-0.25, -0.2) is 0 Å². The lowest BCUT2D eigenvalue weighted by atomic mass is 9.84. The maximum Gasteiger partial charge on any atom is 0.308 e. The first-order valence-electron chi connectivity index (χ1n) is 9.87. The highest BCUT2D eigenvalue weighted by Gasteiger charge is 2.50. The SMILES string of the molecule is CCCCCCOc1ccc(CN[C@@H]2C3CCC(C3)[C@@H]2C(=O)O)cc1. The van der Waals surface area contributed by atoms with E-state index >= 15 is 0 Å². The number of rotatable bonds is 10. The van der Waals surface area contributed by atoms with Crippen LogP contribution in [0.4, 0.5) is 0 Å². The number of hydrogen-bond acceptors (Lipinski definition) is 3. The number of carbonyl (C=O) groups is 1. The van der Waals surface area contributed by atoms with Crippen LogP contribution in [0.3, 0.4) is 0 Å². The number of fused-ring (bicyclic) bond motifs is 2. The average Bonchev–Trinajstić information content (AvgIpc) is 3.22. The van der Waals surface area contributed by atoms with Crippen molar-refractivity contribution in [3.8, 4) is 5.75 Å². The number of benzene rings is 1. The highest BCUT2D eigenvalue weighted by Crippen LogP contribution is 2.48. The van der Waals surface area contributed by atoms with E-state index in [1.807, 2.05) is 12.1 Å². The van der Waals surface area contributed by atoms with Crippen LogP contribution in [0, 0.1) is 17.8 Å². The minimum atomic E-state index is -0.628. The summed E-state index contributed by atoms with van der Waals surface area (Å²) in [6.45, 7) is 3.72. The molecule has 2 bridgehead atoms. The van der Waals surface area contributed by atoms with Gasteiger partial charge in [-0.15, -0.1) is 0 Å². The average molecular weight is 345 g/mol. The number of hydrogen-bond donors (Lipinski definition) is 2. The molecule has 2 N–H and O–H groups in total. The molecule has 0 heterocycles. The molecule has 3 rings (SSSR count). The Hall–Kier alpha value is -1.55. The first-order chi connectivity index (χ1) is 12.2. The fourth-order valence-corrected chi connectivity index (χ4v) is 4.60. The molecule has 0 spiro atoms. The van der Waals surface area contributed by atoms with Gasteiger partial charge in [0.2, 0.25) is 0 Å². The molecule has 0 radical (unpaired) electrons. The smallest absolute Gasteiger partial charge is 0.308 e. The highest BCUT2D eigenvalue weighted by atomic mass is 16.5. The summed E-state index contributed by atoms with van der Waals surface area (Å²) in [5.74, 6) is 1.00. The van der Waals surface area contributed by atoms with E-state index in [2.05, 4.69) is 24.4 Å². The van der Waals surface area contributed by atoms with E-state index in [1.54, 1.807) is 0 Å². The molecule has 0 aliphatic heterocycles. The van der Waals surface area contributed by atoms with Crippen LogP contribution in [-0.4, -0.2) is 23.7 Å². The summed E-state index contributed by atoms with van der Waals surface area (Å²) < 4.78 is 5.78. The second kappa shape index (κ2) is 8.70. The third kappa shape index (κ3) is 4.55. The number of ether oxygens (including phenoxy) is 1. The first-order valence-corrected chi connectivity index (χ1v) is 9.87. The van der Waals surface area contributed by atoms with Crippen molar-refractivity contribution in [3.63, 3.8) is 0 Å². The Bertz CT molecular complexity index is 557. The number of carboxylic acids is 1. The summed E-state index contributed by atoms with van der Waals surface area (Å²) in [6, 6.07) is 8.33. The molecular weight excluding hydrogens is 314 g/mol. The van der Waals surface area contributed by atoms with Gasteiger partial charge in [-0.2, -0.15) is 0 Å². The molecule has 4 heteroatoms. The van der Waals surface area contributed by atoms with Crippen molar-refractivity contribution in [2.45, 2.75) is 64.5 Å². The van der Waals surface area contributed by atoms with Crippen LogP contribution in [0.15, 0.2) is 24.3 Å². The van der Waals surface area contributed by atoms with Crippen molar-refractivity contribution >= 4 is 5.97 Å². The van der Waals surface area contributed by atoms with Crippen LogP contribution in [-0.2, 0) is 11.3 Å². The molecule has 0 aromatic heterocycles. The Morgan fingerprint density at radius 3 is 2.64 bits per heavy atom. The number of carboxylic acid groups (broad SMARTS) is 1. The summed E-state index contributed by atoms with van der Waals surface area (Å²) in [4.78, 5) is 11.6. The summed E-state index contributed by atoms with van der Waals surface area (Å²) in [7, 11) is 0. The molecule has 1 aromatic rings. The second-order valence-corrected chi connectivity index (χ2v) is 7.66. The minimum Gasteiger partial charge on any atom is -0.494 e. The zero-order valence-electron chi connectivity index (χ0n) is 15.2. The molecule has 4 atom stereocenters. The molecule has 1 aromatic carbocycles. The quantitative estimate of drug-likeness (QED) is 0.623. The molecule has 4 nitrogen and oxygen atoms in total. The summed E-state index contributed by atoms with van der Waals surface area (Å²) in [5.41, 5.74) is 1.19. The summed E-state index contributed by atoms with van der Waals surface area (Å²) in [6.07, 6.45) is 8.20. The van der Waals surface area contributed by atoms with Gasteiger partial charge in [0, 0.05) is 12.6 Å². The topological polar surface area (TPSA) is 58.6 Å². The molecular formula is C21H31NO3. The molecule has 2 fully saturated rings. The standard InChI is InChI=1S/C21H31NO3/c1-2-3-4-5-12-25-18-10-6-15(7-11-18)14-22-20-17-9-8-16(13-17)19(20)21(23)24/h6-7,10-11,16-17,19-20,22H,2-5,8-9,12-14H2,1H3,(H,23,24)/t16?,17?,19-,20+/m0/s1. The zero-order valence-corrected chi connectivity index (χ0v) is 15.2. The van der Waals surface area contributed by atoms with E-state index in [4.69, 9.17) is 4.74 Å². The summed E-state index contributed by atoms with van der Waals surface area (Å²) in [5, 5.41) is 13.0. The predicted octanol–water partition coefficient (Wildman–Crippen LogP) is 4.23. The molecule has 2 aliphatic carbocycles. The lowest BCUT2D eigenvalue weighted by Gasteiger charge is -2.29. The number of aliphatic carboxylic acids is 1. The molecule has 2 saturated carbocycles. The van der Waals surface area contributed by atoms with Crippen LogP contribution >= 0.6 is 0 Å². The molecule has 138 valence electrons. The molecule has 25 heavy (non-hydrogen) atoms. The first kappa shape index (κ1) is 18.2. The van der Waals surface area contributed by atoms with Gasteiger partial charge in [0.15, 0.2) is 0 Å². The van der Waals surface area contributed by atoms with Crippen molar-refractivity contribution in [2.75, 3.05) is 6.61 Å². The van der Waals surface area contributed by atoms with Gasteiger partial charge in [0.25, 0.3) is 0 Å². The van der Waals surface area contributed by atoms with Crippen LogP contribution in [0.25, 0.3) is 0 Å². The Morgan fingerprint density at radius 2 is 1.92 bits per heavy atom. The third-order valence-electron chi connectivity index (χ3n) is 5.93. The van der Waals surface area contributed by atoms with Crippen molar-refractivity contribution in [1.82, 2.24) is 5.32 Å². The molecule has 0 saturated heterocycles. The van der Waals surface area contributed by atoms with E-state index in [1.165, 1.54) is 31.2 Å². The maximum absolute atomic E-state index is 11.6. The van der Waals surface area contributed by atoms with Gasteiger partial charge in [-0.05, 0) is 55.2 Å². The van der Waals surface area contributed by atoms with Crippen LogP contribution in [0.1, 0.15) is 57.4 Å². The van der Waals surface area contributed by atoms with Gasteiger partial charge >= 0.3 is 5.97 Å². The van der Waals surface area contributed by atoms with Gasteiger partial charge in [0.1, 0.15) is 5.75 Å². The summed E-state index contributed by atoms with van der Waals surface area (Å²) >= 11 is 0. The monoisotopic (exact) mass is 345 g/mol. The Balaban J connectivity index is 1.45. The van der Waals surface area contributed by atoms with Crippen LogP contribution < -0.4 is 10.1 Å². The van der Waals surface area contributed by atoms with Crippen molar-refractivity contribution < 1.29 is 14.6 Å². The third-order valence-corrected chi connectivity index (χ3v) is 5.93. The molecule has 0 amide bonds. The Kier molecular flexibility index (Phi) is 6.35. The number of unbranched alkanes of at least 4 members (excludes halogenated alkanes) is 3. The Labute approximate surface area is 151 Å². The fraction of sp³-hybridized carbons (Fsp3) is 0.667. The van der Waals surface area contributed by atoms with Gasteiger partial charge in [-0.3, -0.25) is 4.79 Å². The largest absolute Gasteiger partial charge is 0.494 e.